The molecule has 3 aromatic rings. The number of carboxylic acid groups (broad SMARTS) is 1. The van der Waals surface area contributed by atoms with Crippen molar-refractivity contribution in [3.63, 3.8) is 0 Å². The molecule has 0 aliphatic heterocycles. The lowest BCUT2D eigenvalue weighted by atomic mass is 10.1. The summed E-state index contributed by atoms with van der Waals surface area (Å²) in [6.45, 7) is 0. The number of carbonyl (C=O) groups is 3. The number of methoxy groups -OCH3 is 2. The highest BCUT2D eigenvalue weighted by atomic mass is 16.5. The molecular formula is C21H19N3O6. The molecule has 9 nitrogen and oxygen atoms in total. The van der Waals surface area contributed by atoms with Crippen molar-refractivity contribution in [1.29, 1.82) is 0 Å². The predicted octanol–water partition coefficient (Wildman–Crippen LogP) is 2.49. The van der Waals surface area contributed by atoms with Gasteiger partial charge < -0.3 is 24.9 Å². The van der Waals surface area contributed by atoms with Crippen molar-refractivity contribution in [2.45, 2.75) is 6.42 Å². The molecule has 1 heterocycles. The van der Waals surface area contributed by atoms with Crippen LogP contribution in [0.4, 0.5) is 5.69 Å². The number of nitrogens with one attached hydrogen (secondary N) is 2. The molecular weight excluding hydrogens is 390 g/mol. The highest BCUT2D eigenvalue weighted by Crippen LogP contribution is 2.18. The van der Waals surface area contributed by atoms with Crippen LogP contribution in [-0.4, -0.2) is 47.2 Å². The van der Waals surface area contributed by atoms with Crippen LogP contribution in [0.2, 0.25) is 0 Å². The lowest BCUT2D eigenvalue weighted by molar-refractivity contribution is -0.138. The summed E-state index contributed by atoms with van der Waals surface area (Å²) in [5.74, 6) is -1.69. The first-order chi connectivity index (χ1) is 14.4. The molecule has 0 radical (unpaired) electrons. The van der Waals surface area contributed by atoms with Crippen LogP contribution in [0.3, 0.4) is 0 Å². The zero-order valence-electron chi connectivity index (χ0n) is 16.3. The fourth-order valence-corrected chi connectivity index (χ4v) is 2.77. The Morgan fingerprint density at radius 1 is 1.10 bits per heavy atom. The minimum Gasteiger partial charge on any atom is -0.478 e. The maximum absolute atomic E-state index is 11.8. The summed E-state index contributed by atoms with van der Waals surface area (Å²) in [4.78, 5) is 41.9. The van der Waals surface area contributed by atoms with Gasteiger partial charge in [-0.15, -0.1) is 0 Å². The Labute approximate surface area is 171 Å². The molecule has 0 unspecified atom stereocenters. The van der Waals surface area contributed by atoms with Crippen LogP contribution in [0.1, 0.15) is 21.7 Å². The van der Waals surface area contributed by atoms with Crippen LogP contribution in [0.5, 0.6) is 0 Å². The monoisotopic (exact) mass is 409 g/mol. The van der Waals surface area contributed by atoms with Crippen LogP contribution >= 0.6 is 0 Å². The summed E-state index contributed by atoms with van der Waals surface area (Å²) in [6, 6.07) is 11.9. The van der Waals surface area contributed by atoms with Gasteiger partial charge >= 0.3 is 17.9 Å². The predicted molar refractivity (Wildman–Crippen MR) is 108 cm³/mol. The number of carboxylic acids is 1. The third kappa shape index (κ3) is 4.82. The van der Waals surface area contributed by atoms with E-state index < -0.39 is 17.9 Å². The van der Waals surface area contributed by atoms with Crippen molar-refractivity contribution in [3.05, 3.63) is 71.2 Å². The van der Waals surface area contributed by atoms with Gasteiger partial charge in [-0.05, 0) is 35.9 Å². The van der Waals surface area contributed by atoms with E-state index in [1.54, 1.807) is 24.3 Å². The molecule has 2 aromatic carbocycles. The molecule has 3 rings (SSSR count). The van der Waals surface area contributed by atoms with E-state index >= 15 is 0 Å². The average Bonchev–Trinajstić information content (AvgIpc) is 3.15. The number of rotatable bonds is 7. The Morgan fingerprint density at radius 3 is 2.47 bits per heavy atom. The molecule has 0 aliphatic carbocycles. The molecule has 0 spiro atoms. The van der Waals surface area contributed by atoms with Crippen molar-refractivity contribution in [2.24, 2.45) is 0 Å². The number of hydrogen-bond acceptors (Lipinski definition) is 7. The van der Waals surface area contributed by atoms with Crippen LogP contribution in [0, 0.1) is 0 Å². The topological polar surface area (TPSA) is 131 Å². The zero-order valence-corrected chi connectivity index (χ0v) is 16.3. The number of H-pyrrole nitrogens is 1. The van der Waals surface area contributed by atoms with Gasteiger partial charge in [-0.2, -0.15) is 0 Å². The van der Waals surface area contributed by atoms with Gasteiger partial charge in [0.1, 0.15) is 11.5 Å². The minimum atomic E-state index is -0.997. The number of hydrogen-bond donors (Lipinski definition) is 3. The summed E-state index contributed by atoms with van der Waals surface area (Å²) in [5.41, 5.74) is 2.99. The molecule has 0 saturated carbocycles. The van der Waals surface area contributed by atoms with E-state index in [4.69, 9.17) is 5.11 Å². The Hall–Kier alpha value is -4.14. The fourth-order valence-electron chi connectivity index (χ4n) is 2.77. The Balaban J connectivity index is 1.74. The zero-order chi connectivity index (χ0) is 21.7. The van der Waals surface area contributed by atoms with Crippen molar-refractivity contribution >= 4 is 34.6 Å². The Kier molecular flexibility index (Phi) is 6.11. The van der Waals surface area contributed by atoms with Crippen molar-refractivity contribution in [2.75, 3.05) is 19.5 Å². The van der Waals surface area contributed by atoms with Gasteiger partial charge in [-0.3, -0.25) is 0 Å². The number of aromatic amines is 1. The number of carbonyl (C=O) groups excluding carboxylic acids is 2. The number of aromatic nitrogens is 2. The second kappa shape index (κ2) is 8.91. The molecule has 0 fully saturated rings. The molecule has 1 aromatic heterocycles. The number of ether oxygens (including phenoxy) is 2. The maximum Gasteiger partial charge on any atom is 0.354 e. The van der Waals surface area contributed by atoms with Crippen molar-refractivity contribution < 1.29 is 29.0 Å². The smallest absolute Gasteiger partial charge is 0.354 e. The standard InChI is InChI=1S/C21H19N3O6/c1-29-19(25)11-17(21(28)30-2)22-14-6-3-12(4-7-14)9-18-23-15-8-5-13(20(26)27)10-16(15)24-18/h3-8,10-11,22H,9H2,1-2H3,(H,23,24)(H,26,27)/b17-11+. The second-order valence-electron chi connectivity index (χ2n) is 6.29. The molecule has 9 heteroatoms. The van der Waals surface area contributed by atoms with E-state index in [0.29, 0.717) is 29.0 Å². The van der Waals surface area contributed by atoms with Crippen LogP contribution in [0.15, 0.2) is 54.2 Å². The summed E-state index contributed by atoms with van der Waals surface area (Å²) < 4.78 is 9.20. The number of benzene rings is 2. The van der Waals surface area contributed by atoms with Gasteiger partial charge in [-0.25, -0.2) is 19.4 Å². The summed E-state index contributed by atoms with van der Waals surface area (Å²) >= 11 is 0. The highest BCUT2D eigenvalue weighted by molar-refractivity contribution is 5.98. The number of imidazole rings is 1. The summed E-state index contributed by atoms with van der Waals surface area (Å²) in [5, 5.41) is 11.9. The first-order valence-corrected chi connectivity index (χ1v) is 8.85. The van der Waals surface area contributed by atoms with E-state index in [-0.39, 0.29) is 11.3 Å². The summed E-state index contributed by atoms with van der Waals surface area (Å²) in [6.07, 6.45) is 1.51. The normalized spacial score (nSPS) is 11.2. The molecule has 0 bridgehead atoms. The van der Waals surface area contributed by atoms with Gasteiger partial charge in [0.25, 0.3) is 0 Å². The first-order valence-electron chi connectivity index (χ1n) is 8.85. The van der Waals surface area contributed by atoms with Gasteiger partial charge in [0.2, 0.25) is 0 Å². The fraction of sp³-hybridized carbons (Fsp3) is 0.143. The molecule has 0 amide bonds. The number of aromatic carboxylic acids is 1. The molecule has 0 aliphatic rings. The van der Waals surface area contributed by atoms with Crippen molar-refractivity contribution in [1.82, 2.24) is 9.97 Å². The van der Waals surface area contributed by atoms with Crippen LogP contribution in [0.25, 0.3) is 11.0 Å². The summed E-state index contributed by atoms with van der Waals surface area (Å²) in [7, 11) is 2.42. The van der Waals surface area contributed by atoms with E-state index in [1.807, 2.05) is 12.1 Å². The number of nitrogens with zero attached hydrogens (tertiary/aromatic N) is 1. The van der Waals surface area contributed by atoms with Gasteiger partial charge in [0, 0.05) is 12.1 Å². The third-order valence-corrected chi connectivity index (χ3v) is 4.25. The second-order valence-corrected chi connectivity index (χ2v) is 6.29. The van der Waals surface area contributed by atoms with Gasteiger partial charge in [0.15, 0.2) is 0 Å². The molecule has 154 valence electrons. The highest BCUT2D eigenvalue weighted by Gasteiger charge is 2.13. The number of anilines is 1. The minimum absolute atomic E-state index is 0.0522. The molecule has 30 heavy (non-hydrogen) atoms. The van der Waals surface area contributed by atoms with E-state index in [0.717, 1.165) is 11.6 Å². The first kappa shape index (κ1) is 20.6. The quantitative estimate of drug-likeness (QED) is 0.401. The molecule has 0 atom stereocenters. The number of fused-ring (bicyclic) bond motifs is 1. The van der Waals surface area contributed by atoms with Crippen LogP contribution < -0.4 is 5.32 Å². The number of esters is 2. The molecule has 0 saturated heterocycles. The van der Waals surface area contributed by atoms with E-state index in [2.05, 4.69) is 24.8 Å². The lowest BCUT2D eigenvalue weighted by Crippen LogP contribution is -2.15. The van der Waals surface area contributed by atoms with Gasteiger partial charge in [-0.1, -0.05) is 12.1 Å². The van der Waals surface area contributed by atoms with Crippen LogP contribution in [-0.2, 0) is 25.5 Å². The Morgan fingerprint density at radius 2 is 1.83 bits per heavy atom. The van der Waals surface area contributed by atoms with Gasteiger partial charge in [0.05, 0.1) is 36.9 Å². The maximum atomic E-state index is 11.8. The average molecular weight is 409 g/mol. The SMILES string of the molecule is COC(=O)/C=C(/Nc1ccc(Cc2nc3ccc(C(=O)O)cc3[nH]2)cc1)C(=O)OC. The van der Waals surface area contributed by atoms with E-state index in [1.165, 1.54) is 20.3 Å². The van der Waals surface area contributed by atoms with Crippen molar-refractivity contribution in [3.8, 4) is 0 Å². The largest absolute Gasteiger partial charge is 0.478 e. The third-order valence-electron chi connectivity index (χ3n) is 4.25. The van der Waals surface area contributed by atoms with E-state index in [9.17, 15) is 14.4 Å². The lowest BCUT2D eigenvalue weighted by Gasteiger charge is -2.09. The molecule has 3 N–H and O–H groups in total. The Bertz CT molecular complexity index is 1130.